The summed E-state index contributed by atoms with van der Waals surface area (Å²) in [4.78, 5) is 28.7. The second-order valence-corrected chi connectivity index (χ2v) is 8.29. The molecule has 146 valence electrons. The van der Waals surface area contributed by atoms with Crippen LogP contribution in [0.5, 0.6) is 0 Å². The number of amides is 1. The first-order valence-corrected chi connectivity index (χ1v) is 10.3. The van der Waals surface area contributed by atoms with E-state index in [-0.39, 0.29) is 11.9 Å². The van der Waals surface area contributed by atoms with Crippen molar-refractivity contribution in [1.29, 1.82) is 0 Å². The minimum atomic E-state index is -0.0733. The van der Waals surface area contributed by atoms with Crippen LogP contribution in [0.2, 0.25) is 0 Å². The maximum absolute atomic E-state index is 13.2. The van der Waals surface area contributed by atoms with Gasteiger partial charge in [0.05, 0.1) is 27.0 Å². The summed E-state index contributed by atoms with van der Waals surface area (Å²) in [6.07, 6.45) is 2.80. The molecular formula is C20H24N6OS. The molecule has 1 saturated heterocycles. The van der Waals surface area contributed by atoms with Gasteiger partial charge in [-0.25, -0.2) is 9.97 Å². The third-order valence-corrected chi connectivity index (χ3v) is 6.16. The molecule has 0 saturated carbocycles. The fourth-order valence-electron chi connectivity index (χ4n) is 3.43. The highest BCUT2D eigenvalue weighted by Gasteiger charge is 2.28. The van der Waals surface area contributed by atoms with Gasteiger partial charge in [0.25, 0.3) is 5.91 Å². The lowest BCUT2D eigenvalue weighted by molar-refractivity contribution is 0.0784. The minimum absolute atomic E-state index is 0.0187. The molecule has 1 amide bonds. The molecular weight excluding hydrogens is 372 g/mol. The van der Waals surface area contributed by atoms with Crippen molar-refractivity contribution < 1.29 is 4.79 Å². The molecule has 0 bridgehead atoms. The van der Waals surface area contributed by atoms with Crippen molar-refractivity contribution in [1.82, 2.24) is 19.9 Å². The van der Waals surface area contributed by atoms with Crippen molar-refractivity contribution in [2.75, 3.05) is 30.8 Å². The second-order valence-electron chi connectivity index (χ2n) is 7.24. The number of carbonyl (C=O) groups excluding carboxylic acids is 1. The summed E-state index contributed by atoms with van der Waals surface area (Å²) in [5.41, 5.74) is 2.14. The van der Waals surface area contributed by atoms with Crippen molar-refractivity contribution in [2.24, 2.45) is 5.92 Å². The van der Waals surface area contributed by atoms with E-state index in [4.69, 9.17) is 0 Å². The van der Waals surface area contributed by atoms with Gasteiger partial charge in [-0.3, -0.25) is 9.78 Å². The predicted octanol–water partition coefficient (Wildman–Crippen LogP) is 3.78. The van der Waals surface area contributed by atoms with E-state index in [9.17, 15) is 4.79 Å². The van der Waals surface area contributed by atoms with Gasteiger partial charge in [0, 0.05) is 26.3 Å². The van der Waals surface area contributed by atoms with Crippen LogP contribution in [0, 0.1) is 5.92 Å². The summed E-state index contributed by atoms with van der Waals surface area (Å²) in [6, 6.07) is 7.68. The van der Waals surface area contributed by atoms with Crippen LogP contribution in [0.25, 0.3) is 10.2 Å². The summed E-state index contributed by atoms with van der Waals surface area (Å²) in [7, 11) is 1.87. The molecule has 0 aliphatic carbocycles. The highest BCUT2D eigenvalue weighted by Crippen LogP contribution is 2.33. The van der Waals surface area contributed by atoms with Gasteiger partial charge in [0.1, 0.15) is 0 Å². The van der Waals surface area contributed by atoms with Crippen molar-refractivity contribution in [3.05, 3.63) is 41.9 Å². The van der Waals surface area contributed by atoms with E-state index in [1.165, 1.54) is 11.3 Å². The second kappa shape index (κ2) is 7.71. The Morgan fingerprint density at radius 2 is 2.21 bits per heavy atom. The number of anilines is 2. The first kappa shape index (κ1) is 18.6. The van der Waals surface area contributed by atoms with Crippen LogP contribution >= 0.6 is 11.3 Å². The number of nitrogens with zero attached hydrogens (tertiary/aromatic N) is 4. The topological polar surface area (TPSA) is 83.0 Å². The molecule has 4 heterocycles. The Morgan fingerprint density at radius 3 is 2.89 bits per heavy atom. The maximum Gasteiger partial charge on any atom is 0.274 e. The van der Waals surface area contributed by atoms with E-state index < -0.39 is 0 Å². The van der Waals surface area contributed by atoms with Crippen LogP contribution in [0.3, 0.4) is 0 Å². The SMILES string of the molecule is CNc1cc2nc(NC(C)c3ccccn3)nc(C(=O)N3CC[C@@H](C)C3)c2s1. The highest BCUT2D eigenvalue weighted by molar-refractivity contribution is 7.23. The largest absolute Gasteiger partial charge is 0.380 e. The molecule has 2 N–H and O–H groups in total. The van der Waals surface area contributed by atoms with Crippen molar-refractivity contribution >= 4 is 38.4 Å². The summed E-state index contributed by atoms with van der Waals surface area (Å²) in [6.45, 7) is 5.74. The van der Waals surface area contributed by atoms with Gasteiger partial charge in [-0.15, -0.1) is 11.3 Å². The van der Waals surface area contributed by atoms with E-state index in [0.29, 0.717) is 17.6 Å². The zero-order valence-electron chi connectivity index (χ0n) is 16.3. The molecule has 3 aromatic rings. The molecule has 4 rings (SSSR count). The lowest BCUT2D eigenvalue weighted by Gasteiger charge is -2.17. The fourth-order valence-corrected chi connectivity index (χ4v) is 4.36. The number of aromatic nitrogens is 3. The van der Waals surface area contributed by atoms with Gasteiger partial charge in [-0.05, 0) is 37.5 Å². The van der Waals surface area contributed by atoms with Crippen LogP contribution in [0.1, 0.15) is 42.5 Å². The normalized spacial score (nSPS) is 17.7. The first-order valence-electron chi connectivity index (χ1n) is 9.51. The zero-order chi connectivity index (χ0) is 19.7. The average molecular weight is 397 g/mol. The third kappa shape index (κ3) is 3.64. The van der Waals surface area contributed by atoms with E-state index in [1.807, 2.05) is 43.1 Å². The molecule has 0 aromatic carbocycles. The lowest BCUT2D eigenvalue weighted by Crippen LogP contribution is -2.29. The van der Waals surface area contributed by atoms with Crippen molar-refractivity contribution in [2.45, 2.75) is 26.3 Å². The number of likely N-dealkylation sites (tertiary alicyclic amines) is 1. The third-order valence-electron chi connectivity index (χ3n) is 5.01. The van der Waals surface area contributed by atoms with Gasteiger partial charge in [0.2, 0.25) is 5.95 Å². The number of thiophene rings is 1. The van der Waals surface area contributed by atoms with Crippen LogP contribution in [0.4, 0.5) is 10.9 Å². The number of fused-ring (bicyclic) bond motifs is 1. The Kier molecular flexibility index (Phi) is 5.13. The Balaban J connectivity index is 1.70. The van der Waals surface area contributed by atoms with E-state index >= 15 is 0 Å². The van der Waals surface area contributed by atoms with E-state index in [1.54, 1.807) is 6.20 Å². The molecule has 1 aliphatic heterocycles. The molecule has 0 spiro atoms. The molecule has 1 aliphatic rings. The van der Waals surface area contributed by atoms with Crippen LogP contribution in [-0.4, -0.2) is 45.9 Å². The van der Waals surface area contributed by atoms with Gasteiger partial charge >= 0.3 is 0 Å². The smallest absolute Gasteiger partial charge is 0.274 e. The molecule has 3 aromatic heterocycles. The monoisotopic (exact) mass is 396 g/mol. The zero-order valence-corrected chi connectivity index (χ0v) is 17.1. The van der Waals surface area contributed by atoms with E-state index in [2.05, 4.69) is 32.5 Å². The number of pyridine rings is 1. The van der Waals surface area contributed by atoms with E-state index in [0.717, 1.165) is 40.4 Å². The Labute approximate surface area is 168 Å². The van der Waals surface area contributed by atoms with Crippen molar-refractivity contribution in [3.63, 3.8) is 0 Å². The predicted molar refractivity (Wildman–Crippen MR) is 113 cm³/mol. The highest BCUT2D eigenvalue weighted by atomic mass is 32.1. The van der Waals surface area contributed by atoms with Crippen LogP contribution < -0.4 is 10.6 Å². The molecule has 7 nitrogen and oxygen atoms in total. The lowest BCUT2D eigenvalue weighted by atomic mass is 10.2. The summed E-state index contributed by atoms with van der Waals surface area (Å²) in [5, 5.41) is 7.40. The Morgan fingerprint density at radius 1 is 1.36 bits per heavy atom. The molecule has 28 heavy (non-hydrogen) atoms. The number of nitrogens with one attached hydrogen (secondary N) is 2. The number of hydrogen-bond donors (Lipinski definition) is 2. The van der Waals surface area contributed by atoms with Crippen molar-refractivity contribution in [3.8, 4) is 0 Å². The summed E-state index contributed by atoms with van der Waals surface area (Å²) >= 11 is 1.51. The van der Waals surface area contributed by atoms with Gasteiger partial charge in [-0.2, -0.15) is 0 Å². The quantitative estimate of drug-likeness (QED) is 0.683. The van der Waals surface area contributed by atoms with Gasteiger partial charge in [0.15, 0.2) is 5.69 Å². The first-order chi connectivity index (χ1) is 13.5. The minimum Gasteiger partial charge on any atom is -0.380 e. The summed E-state index contributed by atoms with van der Waals surface area (Å²) < 4.78 is 0.824. The van der Waals surface area contributed by atoms with Crippen LogP contribution in [-0.2, 0) is 0 Å². The van der Waals surface area contributed by atoms with Gasteiger partial charge in [-0.1, -0.05) is 13.0 Å². The Hall–Kier alpha value is -2.74. The fraction of sp³-hybridized carbons (Fsp3) is 0.400. The number of hydrogen-bond acceptors (Lipinski definition) is 7. The van der Waals surface area contributed by atoms with Gasteiger partial charge < -0.3 is 15.5 Å². The molecule has 1 fully saturated rings. The molecule has 2 atom stereocenters. The summed E-state index contributed by atoms with van der Waals surface area (Å²) in [5.74, 6) is 0.954. The average Bonchev–Trinajstić information content (AvgIpc) is 3.33. The standard InChI is InChI=1S/C20H24N6OS/c1-12-7-9-26(11-12)19(27)17-18-15(10-16(21-3)28-18)24-20(25-17)23-13(2)14-6-4-5-8-22-14/h4-6,8,10,12-13,21H,7,9,11H2,1-3H3,(H,23,24,25)/t12-,13?/m1/s1. The van der Waals surface area contributed by atoms with Crippen LogP contribution in [0.15, 0.2) is 30.5 Å². The Bertz CT molecular complexity index is 989. The molecule has 1 unspecified atom stereocenters. The number of rotatable bonds is 5. The molecule has 8 heteroatoms. The molecule has 0 radical (unpaired) electrons. The maximum atomic E-state index is 13.2. The number of carbonyl (C=O) groups is 1.